The van der Waals surface area contributed by atoms with Gasteiger partial charge in [-0.1, -0.05) is 18.2 Å². The summed E-state index contributed by atoms with van der Waals surface area (Å²) in [6.07, 6.45) is 3.51. The van der Waals surface area contributed by atoms with E-state index in [-0.39, 0.29) is 17.5 Å². The quantitative estimate of drug-likeness (QED) is 0.708. The van der Waals surface area contributed by atoms with E-state index in [1.54, 1.807) is 48.3 Å². The molecule has 2 heterocycles. The number of aryl methyl sites for hydroxylation is 1. The number of amides is 2. The van der Waals surface area contributed by atoms with Crippen molar-refractivity contribution in [3.05, 3.63) is 66.1 Å². The predicted molar refractivity (Wildman–Crippen MR) is 92.2 cm³/mol. The standard InChI is InChI=1S/C17H18N6O2/c1-22-15(20-16(24)13-6-3-2-4-7-13)12-14(21-22)17(25)18-9-11-23-10-5-8-19-23/h2-8,10,12H,9,11H2,1H3,(H,18,25)(H,20,24). The molecule has 3 rings (SSSR count). The van der Waals surface area contributed by atoms with E-state index in [0.29, 0.717) is 24.5 Å². The van der Waals surface area contributed by atoms with Crippen LogP contribution in [0.3, 0.4) is 0 Å². The van der Waals surface area contributed by atoms with Crippen molar-refractivity contribution >= 4 is 17.6 Å². The van der Waals surface area contributed by atoms with Gasteiger partial charge < -0.3 is 10.6 Å². The van der Waals surface area contributed by atoms with Crippen LogP contribution in [0.1, 0.15) is 20.8 Å². The molecule has 0 bridgehead atoms. The van der Waals surface area contributed by atoms with Crippen molar-refractivity contribution in [1.82, 2.24) is 24.9 Å². The monoisotopic (exact) mass is 338 g/mol. The van der Waals surface area contributed by atoms with Crippen LogP contribution in [-0.4, -0.2) is 37.9 Å². The number of nitrogens with one attached hydrogen (secondary N) is 2. The van der Waals surface area contributed by atoms with Crippen molar-refractivity contribution in [2.24, 2.45) is 7.05 Å². The lowest BCUT2D eigenvalue weighted by atomic mass is 10.2. The topological polar surface area (TPSA) is 93.8 Å². The first-order valence-electron chi connectivity index (χ1n) is 7.79. The summed E-state index contributed by atoms with van der Waals surface area (Å²) in [5.74, 6) is -0.108. The van der Waals surface area contributed by atoms with Gasteiger partial charge >= 0.3 is 0 Å². The third-order valence-electron chi connectivity index (χ3n) is 3.58. The van der Waals surface area contributed by atoms with E-state index in [0.717, 1.165) is 0 Å². The zero-order valence-corrected chi connectivity index (χ0v) is 13.7. The van der Waals surface area contributed by atoms with Gasteiger partial charge in [-0.05, 0) is 18.2 Å². The molecule has 0 saturated heterocycles. The summed E-state index contributed by atoms with van der Waals surface area (Å²) in [4.78, 5) is 24.4. The average molecular weight is 338 g/mol. The highest BCUT2D eigenvalue weighted by atomic mass is 16.2. The van der Waals surface area contributed by atoms with Crippen molar-refractivity contribution < 1.29 is 9.59 Å². The number of hydrogen-bond acceptors (Lipinski definition) is 4. The normalized spacial score (nSPS) is 10.4. The second-order valence-electron chi connectivity index (χ2n) is 5.38. The van der Waals surface area contributed by atoms with Gasteiger partial charge in [0.2, 0.25) is 0 Å². The van der Waals surface area contributed by atoms with Gasteiger partial charge in [0.1, 0.15) is 5.82 Å². The fourth-order valence-corrected chi connectivity index (χ4v) is 2.28. The predicted octanol–water partition coefficient (Wildman–Crippen LogP) is 1.30. The van der Waals surface area contributed by atoms with E-state index >= 15 is 0 Å². The van der Waals surface area contributed by atoms with Crippen LogP contribution in [0.2, 0.25) is 0 Å². The highest BCUT2D eigenvalue weighted by Crippen LogP contribution is 2.11. The number of carbonyl (C=O) groups is 2. The van der Waals surface area contributed by atoms with Crippen LogP contribution in [0.25, 0.3) is 0 Å². The maximum absolute atomic E-state index is 12.2. The largest absolute Gasteiger partial charge is 0.349 e. The summed E-state index contributed by atoms with van der Waals surface area (Å²) in [6.45, 7) is 1.01. The van der Waals surface area contributed by atoms with Crippen LogP contribution in [0.5, 0.6) is 0 Å². The van der Waals surface area contributed by atoms with Crippen molar-refractivity contribution in [2.45, 2.75) is 6.54 Å². The van der Waals surface area contributed by atoms with Gasteiger partial charge in [-0.2, -0.15) is 10.2 Å². The van der Waals surface area contributed by atoms with Gasteiger partial charge in [0.05, 0.1) is 6.54 Å². The fourth-order valence-electron chi connectivity index (χ4n) is 2.28. The second-order valence-corrected chi connectivity index (χ2v) is 5.38. The molecule has 1 aromatic carbocycles. The van der Waals surface area contributed by atoms with Crippen molar-refractivity contribution in [1.29, 1.82) is 0 Å². The third-order valence-corrected chi connectivity index (χ3v) is 3.58. The zero-order valence-electron chi connectivity index (χ0n) is 13.7. The summed E-state index contributed by atoms with van der Waals surface area (Å²) < 4.78 is 3.19. The average Bonchev–Trinajstić information content (AvgIpc) is 3.26. The number of hydrogen-bond donors (Lipinski definition) is 2. The van der Waals surface area contributed by atoms with E-state index < -0.39 is 0 Å². The molecule has 8 heteroatoms. The minimum Gasteiger partial charge on any atom is -0.349 e. The van der Waals surface area contributed by atoms with E-state index in [2.05, 4.69) is 20.8 Å². The highest BCUT2D eigenvalue weighted by Gasteiger charge is 2.14. The molecule has 0 aliphatic heterocycles. The Morgan fingerprint density at radius 2 is 1.92 bits per heavy atom. The van der Waals surface area contributed by atoms with E-state index in [9.17, 15) is 9.59 Å². The Morgan fingerprint density at radius 3 is 2.64 bits per heavy atom. The van der Waals surface area contributed by atoms with Crippen LogP contribution < -0.4 is 10.6 Å². The lowest BCUT2D eigenvalue weighted by molar-refractivity contribution is 0.0945. The highest BCUT2D eigenvalue weighted by molar-refractivity contribution is 6.04. The molecule has 0 aliphatic carbocycles. The number of benzene rings is 1. The van der Waals surface area contributed by atoms with E-state index in [1.807, 2.05) is 18.3 Å². The summed E-state index contributed by atoms with van der Waals surface area (Å²) in [6, 6.07) is 12.2. The van der Waals surface area contributed by atoms with Crippen molar-refractivity contribution in [2.75, 3.05) is 11.9 Å². The smallest absolute Gasteiger partial charge is 0.271 e. The maximum Gasteiger partial charge on any atom is 0.271 e. The first kappa shape index (κ1) is 16.4. The molecule has 0 spiro atoms. The van der Waals surface area contributed by atoms with Crippen molar-refractivity contribution in [3.8, 4) is 0 Å². The Labute approximate surface area is 144 Å². The van der Waals surface area contributed by atoms with Gasteiger partial charge in [-0.15, -0.1) is 0 Å². The molecule has 2 N–H and O–H groups in total. The summed E-state index contributed by atoms with van der Waals surface area (Å²) >= 11 is 0. The van der Waals surface area contributed by atoms with Crippen LogP contribution in [0.4, 0.5) is 5.82 Å². The van der Waals surface area contributed by atoms with E-state index in [1.165, 1.54) is 4.68 Å². The van der Waals surface area contributed by atoms with Gasteiger partial charge in [-0.3, -0.25) is 19.0 Å². The Hall–Kier alpha value is -3.42. The molecule has 0 atom stereocenters. The second kappa shape index (κ2) is 7.43. The lowest BCUT2D eigenvalue weighted by Crippen LogP contribution is -2.27. The van der Waals surface area contributed by atoms with Gasteiger partial charge in [0.15, 0.2) is 5.69 Å². The van der Waals surface area contributed by atoms with Crippen LogP contribution >= 0.6 is 0 Å². The van der Waals surface area contributed by atoms with Crippen LogP contribution in [-0.2, 0) is 13.6 Å². The molecular weight excluding hydrogens is 320 g/mol. The summed E-state index contributed by atoms with van der Waals surface area (Å²) in [7, 11) is 1.67. The Bertz CT molecular complexity index is 855. The van der Waals surface area contributed by atoms with E-state index in [4.69, 9.17) is 0 Å². The number of nitrogens with zero attached hydrogens (tertiary/aromatic N) is 4. The third kappa shape index (κ3) is 4.11. The van der Waals surface area contributed by atoms with Crippen LogP contribution in [0, 0.1) is 0 Å². The van der Waals surface area contributed by atoms with Gasteiger partial charge in [0.25, 0.3) is 11.8 Å². The molecule has 128 valence electrons. The molecule has 0 saturated carbocycles. The maximum atomic E-state index is 12.2. The Balaban J connectivity index is 1.59. The molecule has 2 amide bonds. The first-order chi connectivity index (χ1) is 12.1. The fraction of sp³-hybridized carbons (Fsp3) is 0.176. The molecule has 0 fully saturated rings. The molecule has 8 nitrogen and oxygen atoms in total. The lowest BCUT2D eigenvalue weighted by Gasteiger charge is -2.04. The SMILES string of the molecule is Cn1nc(C(=O)NCCn2cccn2)cc1NC(=O)c1ccccc1. The minimum absolute atomic E-state index is 0.242. The molecule has 0 radical (unpaired) electrons. The minimum atomic E-state index is -0.303. The Kier molecular flexibility index (Phi) is 4.89. The summed E-state index contributed by atoms with van der Waals surface area (Å²) in [5, 5.41) is 13.7. The molecule has 0 aliphatic rings. The number of aromatic nitrogens is 4. The number of rotatable bonds is 6. The number of anilines is 1. The Morgan fingerprint density at radius 1 is 1.12 bits per heavy atom. The summed E-state index contributed by atoms with van der Waals surface area (Å²) in [5.41, 5.74) is 0.778. The van der Waals surface area contributed by atoms with Crippen molar-refractivity contribution in [3.63, 3.8) is 0 Å². The molecular formula is C17H18N6O2. The van der Waals surface area contributed by atoms with Gasteiger partial charge in [-0.25, -0.2) is 0 Å². The van der Waals surface area contributed by atoms with Gasteiger partial charge in [0, 0.05) is 37.6 Å². The van der Waals surface area contributed by atoms with Crippen LogP contribution in [0.15, 0.2) is 54.9 Å². The molecule has 3 aromatic rings. The first-order valence-corrected chi connectivity index (χ1v) is 7.79. The zero-order chi connectivity index (χ0) is 17.6. The number of carbonyl (C=O) groups excluding carboxylic acids is 2. The molecule has 25 heavy (non-hydrogen) atoms. The molecule has 2 aromatic heterocycles. The molecule has 0 unspecified atom stereocenters.